The summed E-state index contributed by atoms with van der Waals surface area (Å²) in [6.45, 7) is 0. The first kappa shape index (κ1) is 21.5. The molecule has 0 aliphatic carbocycles. The monoisotopic (exact) mass is 540 g/mol. The van der Waals surface area contributed by atoms with Crippen molar-refractivity contribution in [2.45, 2.75) is 0 Å². The Morgan fingerprint density at radius 3 is 2.29 bits per heavy atom. The molecule has 5 heterocycles. The van der Waals surface area contributed by atoms with E-state index in [1.807, 2.05) is 23.6 Å². The highest BCUT2D eigenvalue weighted by Crippen LogP contribution is 2.45. The fraction of sp³-hybridized carbons (Fsp3) is 0. The van der Waals surface area contributed by atoms with Gasteiger partial charge in [-0.3, -0.25) is 4.40 Å². The minimum absolute atomic E-state index is 0.931. The highest BCUT2D eigenvalue weighted by Gasteiger charge is 2.21. The standard InChI is InChI=1S/C36H20N4S/c1-2-9-21(10-3-1)39-29-16-17-32-34(23-11-4-7-15-31(23)41-32)33(29)26-19-24-22-12-8-18-37-35(22)40-28-14-6-5-13-27(28)38-36(40)25(24)20-30(26)39/h1-20H. The van der Waals surface area contributed by atoms with E-state index < -0.39 is 0 Å². The summed E-state index contributed by atoms with van der Waals surface area (Å²) < 4.78 is 7.27. The van der Waals surface area contributed by atoms with Crippen LogP contribution in [0.1, 0.15) is 0 Å². The van der Waals surface area contributed by atoms with Crippen molar-refractivity contribution in [1.82, 2.24) is 18.9 Å². The van der Waals surface area contributed by atoms with E-state index in [2.05, 4.69) is 118 Å². The average Bonchev–Trinajstić information content (AvgIpc) is 3.70. The van der Waals surface area contributed by atoms with Crippen molar-refractivity contribution >= 4 is 91.8 Å². The third-order valence-electron chi connectivity index (χ3n) is 8.51. The third kappa shape index (κ3) is 2.73. The molecule has 0 unspecified atom stereocenters. The lowest BCUT2D eigenvalue weighted by atomic mass is 10.0. The number of imidazole rings is 1. The molecule has 0 atom stereocenters. The predicted molar refractivity (Wildman–Crippen MR) is 173 cm³/mol. The summed E-state index contributed by atoms with van der Waals surface area (Å²) in [5.41, 5.74) is 7.46. The van der Waals surface area contributed by atoms with Crippen LogP contribution >= 0.6 is 11.3 Å². The second-order valence-electron chi connectivity index (χ2n) is 10.7. The minimum atomic E-state index is 0.931. The van der Waals surface area contributed by atoms with Crippen molar-refractivity contribution < 1.29 is 0 Å². The summed E-state index contributed by atoms with van der Waals surface area (Å²) in [6.07, 6.45) is 1.88. The number of thiophene rings is 1. The Labute approximate surface area is 237 Å². The quantitative estimate of drug-likeness (QED) is 0.194. The van der Waals surface area contributed by atoms with Crippen LogP contribution in [0.2, 0.25) is 0 Å². The van der Waals surface area contributed by atoms with Crippen molar-refractivity contribution in [2.75, 3.05) is 0 Å². The molecule has 41 heavy (non-hydrogen) atoms. The molecule has 0 aliphatic rings. The zero-order chi connectivity index (χ0) is 26.7. The lowest BCUT2D eigenvalue weighted by Gasteiger charge is -2.10. The first-order valence-corrected chi connectivity index (χ1v) is 14.6. The van der Waals surface area contributed by atoms with Crippen LogP contribution in [0, 0.1) is 0 Å². The molecule has 0 aliphatic heterocycles. The molecule has 10 aromatic rings. The van der Waals surface area contributed by atoms with Gasteiger partial charge < -0.3 is 4.57 Å². The first-order valence-electron chi connectivity index (χ1n) is 13.8. The maximum atomic E-state index is 5.15. The van der Waals surface area contributed by atoms with Gasteiger partial charge in [0.05, 0.1) is 22.1 Å². The van der Waals surface area contributed by atoms with Crippen LogP contribution in [0.15, 0.2) is 121 Å². The summed E-state index contributed by atoms with van der Waals surface area (Å²) in [5.74, 6) is 0. The number of hydrogen-bond acceptors (Lipinski definition) is 3. The molecule has 190 valence electrons. The smallest absolute Gasteiger partial charge is 0.147 e. The van der Waals surface area contributed by atoms with E-state index in [1.54, 1.807) is 0 Å². The van der Waals surface area contributed by atoms with E-state index in [4.69, 9.17) is 9.97 Å². The van der Waals surface area contributed by atoms with E-state index in [-0.39, 0.29) is 0 Å². The molecule has 0 spiro atoms. The van der Waals surface area contributed by atoms with Gasteiger partial charge in [-0.05, 0) is 72.1 Å². The fourth-order valence-corrected chi connectivity index (χ4v) is 7.95. The van der Waals surface area contributed by atoms with Crippen molar-refractivity contribution in [3.63, 3.8) is 0 Å². The van der Waals surface area contributed by atoms with Crippen LogP contribution in [0.3, 0.4) is 0 Å². The average molecular weight is 541 g/mol. The van der Waals surface area contributed by atoms with Gasteiger partial charge in [-0.25, -0.2) is 9.97 Å². The molecule has 5 aromatic carbocycles. The molecule has 5 aromatic heterocycles. The Balaban J connectivity index is 1.51. The Morgan fingerprint density at radius 1 is 0.512 bits per heavy atom. The number of para-hydroxylation sites is 3. The summed E-state index contributed by atoms with van der Waals surface area (Å²) in [4.78, 5) is 10.0. The van der Waals surface area contributed by atoms with Crippen molar-refractivity contribution in [2.24, 2.45) is 0 Å². The van der Waals surface area contributed by atoms with Crippen LogP contribution in [0.4, 0.5) is 0 Å². The molecule has 5 heteroatoms. The molecule has 0 amide bonds. The van der Waals surface area contributed by atoms with Gasteiger partial charge in [0.1, 0.15) is 11.3 Å². The van der Waals surface area contributed by atoms with Gasteiger partial charge in [-0.2, -0.15) is 0 Å². The highest BCUT2D eigenvalue weighted by atomic mass is 32.1. The van der Waals surface area contributed by atoms with Crippen molar-refractivity contribution in [1.29, 1.82) is 0 Å². The predicted octanol–water partition coefficient (Wildman–Crippen LogP) is 9.65. The SMILES string of the molecule is c1ccc(-n2c3cc4c(cc3c3c5c(ccc32)sc2ccccc25)c2cccnc2n2c3ccccc3nc42)cc1. The number of nitrogens with zero attached hydrogens (tertiary/aromatic N) is 4. The highest BCUT2D eigenvalue weighted by molar-refractivity contribution is 7.26. The molecule has 0 bridgehead atoms. The molecule has 0 saturated heterocycles. The van der Waals surface area contributed by atoms with Crippen LogP contribution in [-0.4, -0.2) is 18.9 Å². The van der Waals surface area contributed by atoms with E-state index >= 15 is 0 Å². The molecule has 0 radical (unpaired) electrons. The minimum Gasteiger partial charge on any atom is -0.309 e. The van der Waals surface area contributed by atoms with E-state index in [0.29, 0.717) is 0 Å². The zero-order valence-corrected chi connectivity index (χ0v) is 22.6. The lowest BCUT2D eigenvalue weighted by molar-refractivity contribution is 1.18. The summed E-state index contributed by atoms with van der Waals surface area (Å²) in [6, 6.07) is 41.4. The normalized spacial score (nSPS) is 12.4. The summed E-state index contributed by atoms with van der Waals surface area (Å²) in [5, 5.41) is 8.61. The Hall–Kier alpha value is -5.26. The largest absolute Gasteiger partial charge is 0.309 e. The maximum absolute atomic E-state index is 5.15. The Kier molecular flexibility index (Phi) is 4.04. The maximum Gasteiger partial charge on any atom is 0.147 e. The number of pyridine rings is 2. The number of rotatable bonds is 1. The summed E-state index contributed by atoms with van der Waals surface area (Å²) in [7, 11) is 0. The van der Waals surface area contributed by atoms with Crippen LogP contribution < -0.4 is 0 Å². The number of fused-ring (bicyclic) bond motifs is 15. The van der Waals surface area contributed by atoms with E-state index in [1.165, 1.54) is 47.4 Å². The lowest BCUT2D eigenvalue weighted by Crippen LogP contribution is -1.95. The van der Waals surface area contributed by atoms with Gasteiger partial charge in [0, 0.05) is 53.6 Å². The third-order valence-corrected chi connectivity index (χ3v) is 9.65. The van der Waals surface area contributed by atoms with Gasteiger partial charge >= 0.3 is 0 Å². The number of benzene rings is 5. The van der Waals surface area contributed by atoms with Crippen LogP contribution in [0.25, 0.3) is 86.2 Å². The Bertz CT molecular complexity index is 2690. The number of aromatic nitrogens is 4. The van der Waals surface area contributed by atoms with E-state index in [9.17, 15) is 0 Å². The number of hydrogen-bond donors (Lipinski definition) is 0. The molecule has 4 nitrogen and oxygen atoms in total. The Morgan fingerprint density at radius 2 is 1.34 bits per heavy atom. The topological polar surface area (TPSA) is 35.1 Å². The van der Waals surface area contributed by atoms with Gasteiger partial charge in [0.2, 0.25) is 0 Å². The van der Waals surface area contributed by atoms with Gasteiger partial charge in [0.15, 0.2) is 0 Å². The molecular weight excluding hydrogens is 520 g/mol. The first-order chi connectivity index (χ1) is 20.3. The van der Waals surface area contributed by atoms with Gasteiger partial charge in [-0.1, -0.05) is 48.5 Å². The summed E-state index contributed by atoms with van der Waals surface area (Å²) >= 11 is 1.87. The van der Waals surface area contributed by atoms with Crippen molar-refractivity contribution in [3.05, 3.63) is 121 Å². The molecule has 0 N–H and O–H groups in total. The molecular formula is C36H20N4S. The second-order valence-corrected chi connectivity index (χ2v) is 11.7. The van der Waals surface area contributed by atoms with Crippen LogP contribution in [0.5, 0.6) is 0 Å². The molecule has 10 rings (SSSR count). The van der Waals surface area contributed by atoms with Gasteiger partial charge in [0.25, 0.3) is 0 Å². The van der Waals surface area contributed by atoms with Gasteiger partial charge in [-0.15, -0.1) is 11.3 Å². The van der Waals surface area contributed by atoms with E-state index in [0.717, 1.165) is 38.8 Å². The zero-order valence-electron chi connectivity index (χ0n) is 21.7. The van der Waals surface area contributed by atoms with Crippen LogP contribution in [-0.2, 0) is 0 Å². The second kappa shape index (κ2) is 7.68. The molecule has 0 fully saturated rings. The molecule has 0 saturated carbocycles. The van der Waals surface area contributed by atoms with Crippen molar-refractivity contribution in [3.8, 4) is 5.69 Å². The fourth-order valence-electron chi connectivity index (χ4n) is 6.84.